The van der Waals surface area contributed by atoms with E-state index in [1.54, 1.807) is 0 Å². The molecular weight excluding hydrogens is 212 g/mol. The van der Waals surface area contributed by atoms with E-state index in [-0.39, 0.29) is 11.3 Å². The second kappa shape index (κ2) is 5.82. The second-order valence-electron chi connectivity index (χ2n) is 5.25. The molecule has 0 aliphatic heterocycles. The average Bonchev–Trinajstić information content (AvgIpc) is 2.27. The zero-order chi connectivity index (χ0) is 12.9. The maximum Gasteiger partial charge on any atom is 0.220 e. The third-order valence-corrected chi connectivity index (χ3v) is 2.93. The molecular formula is C14H22N2O. The first kappa shape index (κ1) is 13.7. The minimum atomic E-state index is -0.129. The second-order valence-corrected chi connectivity index (χ2v) is 5.25. The standard InChI is InChI=1S/C14H22N2O/c1-11-6-4-5-7-12(11)9-16-13(17)8-14(2,3)10-15/h4-7H,8-10,15H2,1-3H3,(H,16,17). The third kappa shape index (κ3) is 4.57. The van der Waals surface area contributed by atoms with Gasteiger partial charge in [0.1, 0.15) is 0 Å². The lowest BCUT2D eigenvalue weighted by Crippen LogP contribution is -2.32. The summed E-state index contributed by atoms with van der Waals surface area (Å²) < 4.78 is 0. The molecule has 1 aromatic rings. The van der Waals surface area contributed by atoms with Crippen LogP contribution in [0.3, 0.4) is 0 Å². The molecule has 1 amide bonds. The topological polar surface area (TPSA) is 55.1 Å². The quantitative estimate of drug-likeness (QED) is 0.818. The summed E-state index contributed by atoms with van der Waals surface area (Å²) in [5.74, 6) is 0.0590. The summed E-state index contributed by atoms with van der Waals surface area (Å²) >= 11 is 0. The van der Waals surface area contributed by atoms with Crippen LogP contribution in [0, 0.1) is 12.3 Å². The number of rotatable bonds is 5. The summed E-state index contributed by atoms with van der Waals surface area (Å²) in [6.07, 6.45) is 0.468. The number of benzene rings is 1. The van der Waals surface area contributed by atoms with Gasteiger partial charge < -0.3 is 11.1 Å². The molecule has 0 bridgehead atoms. The Hall–Kier alpha value is -1.35. The van der Waals surface area contributed by atoms with Gasteiger partial charge in [-0.3, -0.25) is 4.79 Å². The molecule has 0 aliphatic carbocycles. The number of amides is 1. The summed E-state index contributed by atoms with van der Waals surface area (Å²) in [7, 11) is 0. The van der Waals surface area contributed by atoms with Crippen LogP contribution in [0.2, 0.25) is 0 Å². The van der Waals surface area contributed by atoms with Crippen molar-refractivity contribution < 1.29 is 4.79 Å². The maximum atomic E-state index is 11.7. The number of aryl methyl sites for hydroxylation is 1. The van der Waals surface area contributed by atoms with Gasteiger partial charge >= 0.3 is 0 Å². The van der Waals surface area contributed by atoms with Crippen molar-refractivity contribution in [1.82, 2.24) is 5.32 Å². The summed E-state index contributed by atoms with van der Waals surface area (Å²) in [5.41, 5.74) is 7.84. The monoisotopic (exact) mass is 234 g/mol. The fourth-order valence-corrected chi connectivity index (χ4v) is 1.57. The van der Waals surface area contributed by atoms with Gasteiger partial charge in [0.25, 0.3) is 0 Å². The molecule has 0 saturated heterocycles. The van der Waals surface area contributed by atoms with Crippen molar-refractivity contribution in [2.24, 2.45) is 11.1 Å². The number of nitrogens with two attached hydrogens (primary N) is 1. The number of hydrogen-bond donors (Lipinski definition) is 2. The van der Waals surface area contributed by atoms with E-state index in [0.29, 0.717) is 19.5 Å². The highest BCUT2D eigenvalue weighted by molar-refractivity contribution is 5.76. The van der Waals surface area contributed by atoms with E-state index in [0.717, 1.165) is 5.56 Å². The van der Waals surface area contributed by atoms with Crippen molar-refractivity contribution in [3.8, 4) is 0 Å². The van der Waals surface area contributed by atoms with Crippen molar-refractivity contribution >= 4 is 5.91 Å². The van der Waals surface area contributed by atoms with Crippen LogP contribution in [-0.4, -0.2) is 12.5 Å². The first-order valence-corrected chi connectivity index (χ1v) is 5.96. The van der Waals surface area contributed by atoms with Gasteiger partial charge in [0.2, 0.25) is 5.91 Å². The zero-order valence-corrected chi connectivity index (χ0v) is 10.9. The minimum absolute atomic E-state index is 0.0590. The molecule has 1 rings (SSSR count). The first-order chi connectivity index (χ1) is 7.94. The molecule has 17 heavy (non-hydrogen) atoms. The lowest BCUT2D eigenvalue weighted by molar-refractivity contribution is -0.123. The van der Waals surface area contributed by atoms with E-state index < -0.39 is 0 Å². The molecule has 0 spiro atoms. The largest absolute Gasteiger partial charge is 0.352 e. The molecule has 1 aromatic carbocycles. The highest BCUT2D eigenvalue weighted by Gasteiger charge is 2.19. The van der Waals surface area contributed by atoms with E-state index in [1.807, 2.05) is 45.0 Å². The van der Waals surface area contributed by atoms with E-state index in [9.17, 15) is 4.79 Å². The van der Waals surface area contributed by atoms with Crippen LogP contribution in [0.4, 0.5) is 0 Å². The molecule has 0 aromatic heterocycles. The van der Waals surface area contributed by atoms with Gasteiger partial charge in [-0.2, -0.15) is 0 Å². The van der Waals surface area contributed by atoms with Crippen molar-refractivity contribution in [3.63, 3.8) is 0 Å². The number of hydrogen-bond acceptors (Lipinski definition) is 2. The summed E-state index contributed by atoms with van der Waals surface area (Å²) in [6, 6.07) is 8.06. The van der Waals surface area contributed by atoms with E-state index >= 15 is 0 Å². The molecule has 94 valence electrons. The van der Waals surface area contributed by atoms with Crippen molar-refractivity contribution in [2.75, 3.05) is 6.54 Å². The molecule has 0 aliphatic rings. The van der Waals surface area contributed by atoms with Crippen molar-refractivity contribution in [2.45, 2.75) is 33.7 Å². The lowest BCUT2D eigenvalue weighted by Gasteiger charge is -2.21. The Kier molecular flexibility index (Phi) is 4.70. The van der Waals surface area contributed by atoms with Gasteiger partial charge in [-0.1, -0.05) is 38.1 Å². The average molecular weight is 234 g/mol. The van der Waals surface area contributed by atoms with Crippen LogP contribution in [0.5, 0.6) is 0 Å². The fourth-order valence-electron chi connectivity index (χ4n) is 1.57. The van der Waals surface area contributed by atoms with Gasteiger partial charge in [-0.15, -0.1) is 0 Å². The maximum absolute atomic E-state index is 11.7. The Morgan fingerprint density at radius 2 is 2.00 bits per heavy atom. The van der Waals surface area contributed by atoms with Crippen molar-refractivity contribution in [1.29, 1.82) is 0 Å². The van der Waals surface area contributed by atoms with Crippen LogP contribution >= 0.6 is 0 Å². The number of nitrogens with one attached hydrogen (secondary N) is 1. The Bertz CT molecular complexity index is 386. The Morgan fingerprint density at radius 3 is 2.59 bits per heavy atom. The Labute approximate surface area is 103 Å². The predicted octanol–water partition coefficient (Wildman–Crippen LogP) is 1.99. The molecule has 0 atom stereocenters. The van der Waals surface area contributed by atoms with Gasteiger partial charge in [0.05, 0.1) is 0 Å². The third-order valence-electron chi connectivity index (χ3n) is 2.93. The highest BCUT2D eigenvalue weighted by Crippen LogP contribution is 2.17. The lowest BCUT2D eigenvalue weighted by atomic mass is 9.89. The summed E-state index contributed by atoms with van der Waals surface area (Å²) in [5, 5.41) is 2.94. The zero-order valence-electron chi connectivity index (χ0n) is 10.9. The molecule has 0 unspecified atom stereocenters. The molecule has 0 saturated carbocycles. The number of carbonyl (C=O) groups is 1. The minimum Gasteiger partial charge on any atom is -0.352 e. The molecule has 3 nitrogen and oxygen atoms in total. The Balaban J connectivity index is 2.47. The molecule has 3 N–H and O–H groups in total. The number of carbonyl (C=O) groups excluding carboxylic acids is 1. The molecule has 3 heteroatoms. The first-order valence-electron chi connectivity index (χ1n) is 5.96. The normalized spacial score (nSPS) is 11.3. The fraction of sp³-hybridized carbons (Fsp3) is 0.500. The molecule has 0 heterocycles. The van der Waals surface area contributed by atoms with Gasteiger partial charge in [0.15, 0.2) is 0 Å². The van der Waals surface area contributed by atoms with Crippen LogP contribution in [-0.2, 0) is 11.3 Å². The van der Waals surface area contributed by atoms with Crippen molar-refractivity contribution in [3.05, 3.63) is 35.4 Å². The van der Waals surface area contributed by atoms with E-state index in [1.165, 1.54) is 5.56 Å². The van der Waals surface area contributed by atoms with Gasteiger partial charge in [0, 0.05) is 13.0 Å². The SMILES string of the molecule is Cc1ccccc1CNC(=O)CC(C)(C)CN. The van der Waals surface area contributed by atoms with Crippen LogP contribution in [0.1, 0.15) is 31.4 Å². The predicted molar refractivity (Wildman–Crippen MR) is 70.5 cm³/mol. The van der Waals surface area contributed by atoms with Crippen LogP contribution in [0.15, 0.2) is 24.3 Å². The molecule has 0 radical (unpaired) electrons. The van der Waals surface area contributed by atoms with Crippen LogP contribution < -0.4 is 11.1 Å². The van der Waals surface area contributed by atoms with Gasteiger partial charge in [-0.25, -0.2) is 0 Å². The van der Waals surface area contributed by atoms with E-state index in [4.69, 9.17) is 5.73 Å². The smallest absolute Gasteiger partial charge is 0.220 e. The summed E-state index contributed by atoms with van der Waals surface area (Å²) in [6.45, 7) is 7.16. The van der Waals surface area contributed by atoms with Crippen LogP contribution in [0.25, 0.3) is 0 Å². The molecule has 0 fully saturated rings. The van der Waals surface area contributed by atoms with E-state index in [2.05, 4.69) is 5.32 Å². The highest BCUT2D eigenvalue weighted by atomic mass is 16.1. The van der Waals surface area contributed by atoms with Gasteiger partial charge in [-0.05, 0) is 30.0 Å². The Morgan fingerprint density at radius 1 is 1.35 bits per heavy atom. The summed E-state index contributed by atoms with van der Waals surface area (Å²) in [4.78, 5) is 11.7.